The lowest BCUT2D eigenvalue weighted by atomic mass is 9.84. The van der Waals surface area contributed by atoms with Crippen LogP contribution in [0.4, 0.5) is 36.4 Å². The normalized spacial score (nSPS) is 18.8. The number of nitrogens with two attached hydrogens (primary N) is 1. The maximum absolute atomic E-state index is 14.7. The summed E-state index contributed by atoms with van der Waals surface area (Å²) in [6.45, 7) is 1.50. The SMILES string of the molecule is COC(=O)c1ccc(C2=NOC(c3cc(N)cc(C(F)(F)F)c3F)(C(F)(F)F)C2)cc1C. The van der Waals surface area contributed by atoms with Gasteiger partial charge in [-0.2, -0.15) is 26.3 Å². The van der Waals surface area contributed by atoms with E-state index in [1.54, 1.807) is 0 Å². The van der Waals surface area contributed by atoms with Crippen molar-refractivity contribution in [3.05, 3.63) is 64.0 Å². The highest BCUT2D eigenvalue weighted by Gasteiger charge is 2.64. The number of carbonyl (C=O) groups is 1. The molecule has 1 heterocycles. The van der Waals surface area contributed by atoms with E-state index in [1.165, 1.54) is 25.1 Å². The first-order valence-electron chi connectivity index (χ1n) is 8.89. The van der Waals surface area contributed by atoms with Gasteiger partial charge in [0.2, 0.25) is 0 Å². The topological polar surface area (TPSA) is 73.9 Å². The van der Waals surface area contributed by atoms with E-state index in [9.17, 15) is 35.5 Å². The van der Waals surface area contributed by atoms with Gasteiger partial charge in [-0.25, -0.2) is 9.18 Å². The Morgan fingerprint density at radius 2 is 1.81 bits per heavy atom. The first-order valence-corrected chi connectivity index (χ1v) is 8.89. The van der Waals surface area contributed by atoms with Gasteiger partial charge in [-0.15, -0.1) is 0 Å². The molecule has 3 rings (SSSR count). The third-order valence-corrected chi connectivity index (χ3v) is 4.99. The summed E-state index contributed by atoms with van der Waals surface area (Å²) in [6, 6.07) is 4.54. The summed E-state index contributed by atoms with van der Waals surface area (Å²) in [4.78, 5) is 16.3. The monoisotopic (exact) mass is 464 g/mol. The van der Waals surface area contributed by atoms with Crippen molar-refractivity contribution in [1.82, 2.24) is 0 Å². The fourth-order valence-corrected chi connectivity index (χ4v) is 3.37. The Labute approximate surface area is 176 Å². The van der Waals surface area contributed by atoms with Crippen LogP contribution in [0.2, 0.25) is 0 Å². The van der Waals surface area contributed by atoms with Crippen molar-refractivity contribution >= 4 is 17.4 Å². The number of aryl methyl sites for hydroxylation is 1. The minimum Gasteiger partial charge on any atom is -0.465 e. The number of nitrogen functional groups attached to an aromatic ring is 1. The molecule has 0 saturated carbocycles. The van der Waals surface area contributed by atoms with Crippen LogP contribution in [0.3, 0.4) is 0 Å². The quantitative estimate of drug-likeness (QED) is 0.390. The van der Waals surface area contributed by atoms with E-state index in [0.29, 0.717) is 11.6 Å². The second kappa shape index (κ2) is 7.68. The summed E-state index contributed by atoms with van der Waals surface area (Å²) >= 11 is 0. The number of esters is 1. The van der Waals surface area contributed by atoms with Gasteiger partial charge in [-0.3, -0.25) is 0 Å². The van der Waals surface area contributed by atoms with Crippen molar-refractivity contribution in [2.75, 3.05) is 12.8 Å². The molecule has 0 saturated heterocycles. The fraction of sp³-hybridized carbons (Fsp3) is 0.300. The van der Waals surface area contributed by atoms with Gasteiger partial charge < -0.3 is 15.3 Å². The van der Waals surface area contributed by atoms with Crippen molar-refractivity contribution in [2.45, 2.75) is 31.3 Å². The number of anilines is 1. The van der Waals surface area contributed by atoms with Gasteiger partial charge in [-0.05, 0) is 42.3 Å². The number of hydrogen-bond donors (Lipinski definition) is 1. The van der Waals surface area contributed by atoms with Crippen LogP contribution in [-0.2, 0) is 21.4 Å². The number of oxime groups is 1. The number of benzene rings is 2. The standard InChI is InChI=1S/C20H15F7N2O3/c1-9-5-10(3-4-12(9)17(30)31-2)15-8-18(32-29-15,20(25,26)27)13-6-11(28)7-14(16(13)21)19(22,23)24/h3-7H,8,28H2,1-2H3. The average molecular weight is 464 g/mol. The van der Waals surface area contributed by atoms with Crippen molar-refractivity contribution < 1.29 is 45.1 Å². The zero-order valence-electron chi connectivity index (χ0n) is 16.5. The van der Waals surface area contributed by atoms with E-state index >= 15 is 0 Å². The molecule has 0 bridgehead atoms. The molecule has 2 aromatic carbocycles. The minimum atomic E-state index is -5.35. The Kier molecular flexibility index (Phi) is 5.60. The summed E-state index contributed by atoms with van der Waals surface area (Å²) in [5, 5.41) is 3.39. The molecule has 0 aromatic heterocycles. The van der Waals surface area contributed by atoms with Crippen LogP contribution in [0.25, 0.3) is 0 Å². The molecule has 12 heteroatoms. The Balaban J connectivity index is 2.10. The summed E-state index contributed by atoms with van der Waals surface area (Å²) in [5.41, 5.74) is -2.01. The van der Waals surface area contributed by atoms with E-state index in [0.717, 1.165) is 7.11 Å². The smallest absolute Gasteiger partial charge is 0.435 e. The number of halogens is 7. The highest BCUT2D eigenvalue weighted by atomic mass is 19.4. The lowest BCUT2D eigenvalue weighted by Gasteiger charge is -2.30. The zero-order chi connectivity index (χ0) is 24.1. The molecule has 2 N–H and O–H groups in total. The zero-order valence-corrected chi connectivity index (χ0v) is 16.5. The van der Waals surface area contributed by atoms with Gasteiger partial charge in [0.05, 0.1) is 30.4 Å². The van der Waals surface area contributed by atoms with Crippen LogP contribution in [0.15, 0.2) is 35.5 Å². The lowest BCUT2D eigenvalue weighted by Crippen LogP contribution is -2.44. The van der Waals surface area contributed by atoms with Crippen molar-refractivity contribution in [1.29, 1.82) is 0 Å². The second-order valence-electron chi connectivity index (χ2n) is 7.08. The Morgan fingerprint density at radius 1 is 1.16 bits per heavy atom. The number of nitrogens with zero attached hydrogens (tertiary/aromatic N) is 1. The summed E-state index contributed by atoms with van der Waals surface area (Å²) in [7, 11) is 1.15. The van der Waals surface area contributed by atoms with Crippen LogP contribution in [0, 0.1) is 12.7 Å². The van der Waals surface area contributed by atoms with Gasteiger partial charge in [0.1, 0.15) is 5.82 Å². The molecule has 1 atom stereocenters. The van der Waals surface area contributed by atoms with Gasteiger partial charge in [0.15, 0.2) is 0 Å². The van der Waals surface area contributed by atoms with Crippen LogP contribution in [-0.4, -0.2) is 25.0 Å². The third kappa shape index (κ3) is 3.84. The molecule has 2 aromatic rings. The molecule has 0 radical (unpaired) electrons. The van der Waals surface area contributed by atoms with Crippen LogP contribution >= 0.6 is 0 Å². The second-order valence-corrected chi connectivity index (χ2v) is 7.08. The molecule has 1 aliphatic heterocycles. The predicted molar refractivity (Wildman–Crippen MR) is 98.3 cm³/mol. The fourth-order valence-electron chi connectivity index (χ4n) is 3.37. The number of carbonyl (C=O) groups excluding carboxylic acids is 1. The van der Waals surface area contributed by atoms with Crippen LogP contribution < -0.4 is 5.73 Å². The number of ether oxygens (including phenoxy) is 1. The van der Waals surface area contributed by atoms with Gasteiger partial charge >= 0.3 is 18.3 Å². The van der Waals surface area contributed by atoms with Gasteiger partial charge in [-0.1, -0.05) is 11.2 Å². The van der Waals surface area contributed by atoms with E-state index < -0.39 is 53.0 Å². The molecule has 0 aliphatic carbocycles. The third-order valence-electron chi connectivity index (χ3n) is 4.99. The molecule has 5 nitrogen and oxygen atoms in total. The lowest BCUT2D eigenvalue weighted by molar-refractivity contribution is -0.277. The Bertz CT molecular complexity index is 1110. The molecule has 32 heavy (non-hydrogen) atoms. The number of methoxy groups -OCH3 is 1. The van der Waals surface area contributed by atoms with E-state index in [-0.39, 0.29) is 22.9 Å². The highest BCUT2D eigenvalue weighted by Crippen LogP contribution is 2.51. The molecule has 0 fully saturated rings. The number of alkyl halides is 6. The molecule has 1 aliphatic rings. The number of hydrogen-bond acceptors (Lipinski definition) is 5. The minimum absolute atomic E-state index is 0.0987. The van der Waals surface area contributed by atoms with Crippen LogP contribution in [0.5, 0.6) is 0 Å². The maximum atomic E-state index is 14.7. The molecular formula is C20H15F7N2O3. The largest absolute Gasteiger partial charge is 0.465 e. The summed E-state index contributed by atoms with van der Waals surface area (Å²) in [5.74, 6) is -2.83. The summed E-state index contributed by atoms with van der Waals surface area (Å²) < 4.78 is 101. The van der Waals surface area contributed by atoms with E-state index in [1.807, 2.05) is 0 Å². The van der Waals surface area contributed by atoms with Gasteiger partial charge in [0.25, 0.3) is 5.60 Å². The van der Waals surface area contributed by atoms with Crippen molar-refractivity contribution in [2.24, 2.45) is 5.16 Å². The van der Waals surface area contributed by atoms with Crippen molar-refractivity contribution in [3.8, 4) is 0 Å². The molecule has 0 spiro atoms. The molecule has 172 valence electrons. The van der Waals surface area contributed by atoms with E-state index in [2.05, 4.69) is 14.7 Å². The summed E-state index contributed by atoms with van der Waals surface area (Å²) in [6.07, 6.45) is -11.8. The number of rotatable bonds is 3. The maximum Gasteiger partial charge on any atom is 0.435 e. The predicted octanol–water partition coefficient (Wildman–Crippen LogP) is 5.10. The molecule has 1 unspecified atom stereocenters. The Hall–Kier alpha value is -3.31. The van der Waals surface area contributed by atoms with E-state index in [4.69, 9.17) is 5.73 Å². The van der Waals surface area contributed by atoms with Crippen LogP contribution in [0.1, 0.15) is 39.0 Å². The Morgan fingerprint density at radius 3 is 2.34 bits per heavy atom. The first kappa shape index (κ1) is 23.4. The average Bonchev–Trinajstić information content (AvgIpc) is 3.14. The van der Waals surface area contributed by atoms with Crippen molar-refractivity contribution in [3.63, 3.8) is 0 Å². The molecule has 0 amide bonds. The highest BCUT2D eigenvalue weighted by molar-refractivity contribution is 6.03. The first-order chi connectivity index (χ1) is 14.7. The molecular weight excluding hydrogens is 449 g/mol. The van der Waals surface area contributed by atoms with Gasteiger partial charge in [0, 0.05) is 11.3 Å².